The fourth-order valence-corrected chi connectivity index (χ4v) is 3.52. The lowest BCUT2D eigenvalue weighted by Gasteiger charge is -2.27. The minimum Gasteiger partial charge on any atom is -0.349 e. The molecule has 0 bridgehead atoms. The van der Waals surface area contributed by atoms with Gasteiger partial charge >= 0.3 is 0 Å². The summed E-state index contributed by atoms with van der Waals surface area (Å²) < 4.78 is 0. The van der Waals surface area contributed by atoms with E-state index in [-0.39, 0.29) is 11.9 Å². The molecule has 23 heavy (non-hydrogen) atoms. The van der Waals surface area contributed by atoms with Gasteiger partial charge < -0.3 is 5.32 Å². The highest BCUT2D eigenvalue weighted by Crippen LogP contribution is 2.31. The largest absolute Gasteiger partial charge is 0.349 e. The van der Waals surface area contributed by atoms with Crippen LogP contribution in [-0.4, -0.2) is 16.1 Å². The fourth-order valence-electron chi connectivity index (χ4n) is 3.52. The first-order chi connectivity index (χ1) is 11.3. The van der Waals surface area contributed by atoms with Crippen molar-refractivity contribution in [1.82, 2.24) is 15.5 Å². The van der Waals surface area contributed by atoms with Crippen LogP contribution in [0, 0.1) is 5.92 Å². The van der Waals surface area contributed by atoms with E-state index in [2.05, 4.69) is 27.6 Å². The highest BCUT2D eigenvalue weighted by molar-refractivity contribution is 5.78. The Morgan fingerprint density at radius 1 is 1.17 bits per heavy atom. The van der Waals surface area contributed by atoms with Crippen molar-refractivity contribution < 1.29 is 4.79 Å². The van der Waals surface area contributed by atoms with Crippen molar-refractivity contribution in [1.29, 1.82) is 0 Å². The molecule has 1 aromatic heterocycles. The van der Waals surface area contributed by atoms with Crippen molar-refractivity contribution in [2.75, 3.05) is 0 Å². The Morgan fingerprint density at radius 3 is 2.65 bits per heavy atom. The molecule has 3 rings (SSSR count). The number of rotatable bonds is 6. The van der Waals surface area contributed by atoms with E-state index >= 15 is 0 Å². The quantitative estimate of drug-likeness (QED) is 0.853. The molecule has 1 aromatic carbocycles. The van der Waals surface area contributed by atoms with E-state index in [1.54, 1.807) is 6.20 Å². The first-order valence-electron chi connectivity index (χ1n) is 8.64. The zero-order chi connectivity index (χ0) is 15.9. The number of aromatic nitrogens is 2. The zero-order valence-electron chi connectivity index (χ0n) is 13.5. The topological polar surface area (TPSA) is 57.8 Å². The summed E-state index contributed by atoms with van der Waals surface area (Å²) in [6.07, 6.45) is 9.67. The molecule has 2 aromatic rings. The lowest BCUT2D eigenvalue weighted by Crippen LogP contribution is -2.31. The van der Waals surface area contributed by atoms with E-state index in [0.717, 1.165) is 18.0 Å². The molecule has 2 N–H and O–H groups in total. The Bertz CT molecular complexity index is 588. The average Bonchev–Trinajstić information content (AvgIpc) is 3.09. The van der Waals surface area contributed by atoms with Crippen LogP contribution in [0.25, 0.3) is 0 Å². The predicted molar refractivity (Wildman–Crippen MR) is 90.8 cm³/mol. The molecule has 1 aliphatic carbocycles. The molecule has 1 unspecified atom stereocenters. The van der Waals surface area contributed by atoms with Gasteiger partial charge in [-0.05, 0) is 24.0 Å². The first kappa shape index (κ1) is 15.8. The number of amides is 1. The molecule has 4 nitrogen and oxygen atoms in total. The third-order valence-corrected chi connectivity index (χ3v) is 4.74. The van der Waals surface area contributed by atoms with E-state index in [1.807, 2.05) is 24.3 Å². The highest BCUT2D eigenvalue weighted by atomic mass is 16.1. The van der Waals surface area contributed by atoms with Gasteiger partial charge in [0.25, 0.3) is 0 Å². The van der Waals surface area contributed by atoms with Crippen molar-refractivity contribution >= 4 is 5.91 Å². The third-order valence-electron chi connectivity index (χ3n) is 4.74. The van der Waals surface area contributed by atoms with Crippen molar-refractivity contribution in [2.45, 2.75) is 51.0 Å². The number of H-pyrrole nitrogens is 1. The molecule has 0 saturated heterocycles. The lowest BCUT2D eigenvalue weighted by molar-refractivity contribution is -0.121. The Labute approximate surface area is 137 Å². The third kappa shape index (κ3) is 4.68. The number of hydrogen-bond acceptors (Lipinski definition) is 2. The molecule has 1 aliphatic rings. The van der Waals surface area contributed by atoms with E-state index in [0.29, 0.717) is 6.42 Å². The number of benzene rings is 1. The van der Waals surface area contributed by atoms with Gasteiger partial charge in [-0.1, -0.05) is 62.4 Å². The van der Waals surface area contributed by atoms with Crippen molar-refractivity contribution in [3.05, 3.63) is 53.9 Å². The highest BCUT2D eigenvalue weighted by Gasteiger charge is 2.21. The number of carbonyl (C=O) groups excluding carboxylic acids is 1. The molecular formula is C19H25N3O. The van der Waals surface area contributed by atoms with Gasteiger partial charge in [0.15, 0.2) is 0 Å². The minimum atomic E-state index is 0.0545. The van der Waals surface area contributed by atoms with Gasteiger partial charge in [0.05, 0.1) is 12.5 Å². The van der Waals surface area contributed by atoms with Crippen molar-refractivity contribution in [3.8, 4) is 0 Å². The molecule has 0 aliphatic heterocycles. The van der Waals surface area contributed by atoms with Gasteiger partial charge in [-0.2, -0.15) is 5.10 Å². The van der Waals surface area contributed by atoms with E-state index in [4.69, 9.17) is 0 Å². The van der Waals surface area contributed by atoms with Crippen LogP contribution in [0.15, 0.2) is 42.6 Å². The summed E-state index contributed by atoms with van der Waals surface area (Å²) in [5.41, 5.74) is 2.06. The molecule has 1 atom stereocenters. The first-order valence-corrected chi connectivity index (χ1v) is 8.64. The molecule has 0 spiro atoms. The minimum absolute atomic E-state index is 0.0545. The predicted octanol–water partition coefficient (Wildman–Crippen LogP) is 3.78. The van der Waals surface area contributed by atoms with Gasteiger partial charge in [0.1, 0.15) is 0 Å². The van der Waals surface area contributed by atoms with Crippen LogP contribution in [0.5, 0.6) is 0 Å². The van der Waals surface area contributed by atoms with Gasteiger partial charge in [-0.3, -0.25) is 9.89 Å². The van der Waals surface area contributed by atoms with Crippen molar-refractivity contribution in [3.63, 3.8) is 0 Å². The van der Waals surface area contributed by atoms with Crippen LogP contribution < -0.4 is 5.32 Å². The second kappa shape index (κ2) is 7.95. The molecule has 1 saturated carbocycles. The Kier molecular flexibility index (Phi) is 5.46. The molecule has 1 fully saturated rings. The Balaban J connectivity index is 1.65. The molecule has 0 radical (unpaired) electrons. The molecule has 1 amide bonds. The molecular weight excluding hydrogens is 286 g/mol. The molecule has 1 heterocycles. The summed E-state index contributed by atoms with van der Waals surface area (Å²) in [6.45, 7) is 0. The summed E-state index contributed by atoms with van der Waals surface area (Å²) in [4.78, 5) is 12.4. The van der Waals surface area contributed by atoms with Gasteiger partial charge in [0.2, 0.25) is 5.91 Å². The van der Waals surface area contributed by atoms with Gasteiger partial charge in [-0.15, -0.1) is 0 Å². The van der Waals surface area contributed by atoms with E-state index < -0.39 is 0 Å². The summed E-state index contributed by atoms with van der Waals surface area (Å²) in [7, 11) is 0. The second-order valence-electron chi connectivity index (χ2n) is 6.53. The SMILES string of the molecule is O=C(Cc1ccn[nH]1)NC(CC1CCCCC1)c1ccccc1. The Morgan fingerprint density at radius 2 is 1.96 bits per heavy atom. The van der Waals surface area contributed by atoms with Gasteiger partial charge in [0, 0.05) is 11.9 Å². The number of hydrogen-bond donors (Lipinski definition) is 2. The maximum atomic E-state index is 12.4. The second-order valence-corrected chi connectivity index (χ2v) is 6.53. The van der Waals surface area contributed by atoms with E-state index in [9.17, 15) is 4.79 Å². The normalized spacial score (nSPS) is 16.9. The number of aromatic amines is 1. The molecule has 4 heteroatoms. The van der Waals surface area contributed by atoms with Crippen LogP contribution in [0.1, 0.15) is 55.8 Å². The molecule has 122 valence electrons. The summed E-state index contributed by atoms with van der Waals surface area (Å²) in [5, 5.41) is 9.98. The summed E-state index contributed by atoms with van der Waals surface area (Å²) in [5.74, 6) is 0.778. The lowest BCUT2D eigenvalue weighted by atomic mass is 9.83. The standard InChI is InChI=1S/C19H25N3O/c23-19(14-17-11-12-20-22-17)21-18(16-9-5-2-6-10-16)13-15-7-3-1-4-8-15/h2,5-6,9-12,15,18H,1,3-4,7-8,13-14H2,(H,20,22)(H,21,23). The van der Waals surface area contributed by atoms with Crippen LogP contribution in [0.2, 0.25) is 0 Å². The van der Waals surface area contributed by atoms with Crippen LogP contribution in [-0.2, 0) is 11.2 Å². The van der Waals surface area contributed by atoms with Crippen molar-refractivity contribution in [2.24, 2.45) is 5.92 Å². The Hall–Kier alpha value is -2.10. The maximum absolute atomic E-state index is 12.4. The number of nitrogens with zero attached hydrogens (tertiary/aromatic N) is 1. The number of carbonyl (C=O) groups is 1. The van der Waals surface area contributed by atoms with Crippen LogP contribution in [0.4, 0.5) is 0 Å². The monoisotopic (exact) mass is 311 g/mol. The smallest absolute Gasteiger partial charge is 0.226 e. The fraction of sp³-hybridized carbons (Fsp3) is 0.474. The zero-order valence-corrected chi connectivity index (χ0v) is 13.5. The van der Waals surface area contributed by atoms with Crippen LogP contribution in [0.3, 0.4) is 0 Å². The average molecular weight is 311 g/mol. The summed E-state index contributed by atoms with van der Waals surface area (Å²) in [6, 6.07) is 12.3. The van der Waals surface area contributed by atoms with Gasteiger partial charge in [-0.25, -0.2) is 0 Å². The van der Waals surface area contributed by atoms with Crippen LogP contribution >= 0.6 is 0 Å². The summed E-state index contributed by atoms with van der Waals surface area (Å²) >= 11 is 0. The number of nitrogens with one attached hydrogen (secondary N) is 2. The maximum Gasteiger partial charge on any atom is 0.226 e. The van der Waals surface area contributed by atoms with E-state index in [1.165, 1.54) is 37.7 Å².